The molecule has 158 valence electrons. The molecule has 5 rings (SSSR count). The molecule has 2 aliphatic rings. The summed E-state index contributed by atoms with van der Waals surface area (Å²) < 4.78 is 14.4. The number of hydrogen-bond donors (Lipinski definition) is 0. The Balaban J connectivity index is 1.45. The van der Waals surface area contributed by atoms with Crippen molar-refractivity contribution in [3.05, 3.63) is 54.0 Å². The molecule has 5 heterocycles. The van der Waals surface area contributed by atoms with Gasteiger partial charge in [0, 0.05) is 61.7 Å². The van der Waals surface area contributed by atoms with Crippen LogP contribution < -0.4 is 9.80 Å². The van der Waals surface area contributed by atoms with Gasteiger partial charge in [0.15, 0.2) is 11.6 Å². The quantitative estimate of drug-likeness (QED) is 0.603. The Bertz CT molecular complexity index is 1140. The third-order valence-electron chi connectivity index (χ3n) is 6.02. The second kappa shape index (κ2) is 7.64. The number of rotatable bonds is 3. The van der Waals surface area contributed by atoms with Gasteiger partial charge in [-0.25, -0.2) is 24.9 Å². The SMILES string of the molecule is CC1CCN(c2cc(F)nc(N3CCc4nc(-c5ncccn5)ncc4C3C)c2)C1=O. The summed E-state index contributed by atoms with van der Waals surface area (Å²) in [4.78, 5) is 37.8. The van der Waals surface area contributed by atoms with Crippen LogP contribution in [-0.2, 0) is 11.2 Å². The molecule has 2 unspecified atom stereocenters. The predicted molar refractivity (Wildman–Crippen MR) is 113 cm³/mol. The van der Waals surface area contributed by atoms with Gasteiger partial charge >= 0.3 is 0 Å². The molecule has 3 aromatic rings. The van der Waals surface area contributed by atoms with E-state index in [9.17, 15) is 9.18 Å². The van der Waals surface area contributed by atoms with Crippen molar-refractivity contribution >= 4 is 17.4 Å². The first-order chi connectivity index (χ1) is 15.0. The number of anilines is 2. The third-order valence-corrected chi connectivity index (χ3v) is 6.02. The van der Waals surface area contributed by atoms with Gasteiger partial charge in [-0.3, -0.25) is 4.79 Å². The summed E-state index contributed by atoms with van der Waals surface area (Å²) in [6.07, 6.45) is 6.55. The van der Waals surface area contributed by atoms with E-state index in [0.717, 1.165) is 17.7 Å². The Morgan fingerprint density at radius 2 is 1.84 bits per heavy atom. The van der Waals surface area contributed by atoms with Crippen molar-refractivity contribution in [1.82, 2.24) is 24.9 Å². The van der Waals surface area contributed by atoms with Gasteiger partial charge in [0.1, 0.15) is 5.82 Å². The fraction of sp³-hybridized carbons (Fsp3) is 0.364. The van der Waals surface area contributed by atoms with Gasteiger partial charge in [-0.2, -0.15) is 4.39 Å². The van der Waals surface area contributed by atoms with Crippen molar-refractivity contribution in [3.63, 3.8) is 0 Å². The highest BCUT2D eigenvalue weighted by atomic mass is 19.1. The second-order valence-electron chi connectivity index (χ2n) is 7.97. The number of hydrogen-bond acceptors (Lipinski definition) is 7. The number of pyridine rings is 1. The molecule has 0 radical (unpaired) electrons. The molecule has 31 heavy (non-hydrogen) atoms. The minimum Gasteiger partial charge on any atom is -0.349 e. The van der Waals surface area contributed by atoms with Crippen LogP contribution in [0.2, 0.25) is 0 Å². The van der Waals surface area contributed by atoms with Gasteiger partial charge in [-0.1, -0.05) is 6.92 Å². The summed E-state index contributed by atoms with van der Waals surface area (Å²) in [5.41, 5.74) is 2.45. The number of nitrogens with zero attached hydrogens (tertiary/aromatic N) is 7. The molecule has 1 fully saturated rings. The van der Waals surface area contributed by atoms with E-state index in [0.29, 0.717) is 42.7 Å². The number of halogens is 1. The predicted octanol–water partition coefficient (Wildman–Crippen LogP) is 2.96. The first kappa shape index (κ1) is 19.5. The van der Waals surface area contributed by atoms with Crippen LogP contribution >= 0.6 is 0 Å². The van der Waals surface area contributed by atoms with Gasteiger partial charge in [0.25, 0.3) is 0 Å². The molecule has 3 aromatic heterocycles. The van der Waals surface area contributed by atoms with Crippen LogP contribution in [-0.4, -0.2) is 43.9 Å². The summed E-state index contributed by atoms with van der Waals surface area (Å²) >= 11 is 0. The minimum absolute atomic E-state index is 0.0256. The van der Waals surface area contributed by atoms with Crippen molar-refractivity contribution < 1.29 is 9.18 Å². The highest BCUT2D eigenvalue weighted by Gasteiger charge is 2.31. The monoisotopic (exact) mass is 419 g/mol. The molecule has 0 saturated carbocycles. The molecule has 2 atom stereocenters. The molecule has 9 heteroatoms. The van der Waals surface area contributed by atoms with Gasteiger partial charge in [-0.15, -0.1) is 0 Å². The van der Waals surface area contributed by atoms with E-state index < -0.39 is 5.95 Å². The van der Waals surface area contributed by atoms with Gasteiger partial charge < -0.3 is 9.80 Å². The zero-order chi connectivity index (χ0) is 21.5. The lowest BCUT2D eigenvalue weighted by molar-refractivity contribution is -0.119. The summed E-state index contributed by atoms with van der Waals surface area (Å²) in [5.74, 6) is 0.883. The van der Waals surface area contributed by atoms with E-state index in [1.54, 1.807) is 35.6 Å². The second-order valence-corrected chi connectivity index (χ2v) is 7.97. The zero-order valence-corrected chi connectivity index (χ0v) is 17.4. The Morgan fingerprint density at radius 3 is 2.58 bits per heavy atom. The molecule has 2 aliphatic heterocycles. The molecule has 0 spiro atoms. The van der Waals surface area contributed by atoms with Crippen molar-refractivity contribution in [1.29, 1.82) is 0 Å². The third kappa shape index (κ3) is 3.49. The fourth-order valence-electron chi connectivity index (χ4n) is 4.25. The average molecular weight is 419 g/mol. The molecule has 0 bridgehead atoms. The summed E-state index contributed by atoms with van der Waals surface area (Å²) in [7, 11) is 0. The Kier molecular flexibility index (Phi) is 4.80. The minimum atomic E-state index is -0.592. The van der Waals surface area contributed by atoms with Crippen LogP contribution in [0.5, 0.6) is 0 Å². The highest BCUT2D eigenvalue weighted by molar-refractivity contribution is 5.97. The Labute approximate surface area is 179 Å². The maximum absolute atomic E-state index is 14.4. The lowest BCUT2D eigenvalue weighted by Gasteiger charge is -2.35. The van der Waals surface area contributed by atoms with Crippen LogP contribution in [0.3, 0.4) is 0 Å². The Hall–Kier alpha value is -3.49. The molecule has 8 nitrogen and oxygen atoms in total. The molecule has 0 aliphatic carbocycles. The highest BCUT2D eigenvalue weighted by Crippen LogP contribution is 2.35. The maximum Gasteiger partial charge on any atom is 0.229 e. The normalized spacial score (nSPS) is 20.8. The van der Waals surface area contributed by atoms with Gasteiger partial charge in [0.2, 0.25) is 11.9 Å². The summed E-state index contributed by atoms with van der Waals surface area (Å²) in [5, 5.41) is 0. The van der Waals surface area contributed by atoms with Gasteiger partial charge in [0.05, 0.1) is 17.4 Å². The number of carbonyl (C=O) groups excluding carboxylic acids is 1. The number of carbonyl (C=O) groups is 1. The van der Waals surface area contributed by atoms with E-state index in [-0.39, 0.29) is 17.9 Å². The zero-order valence-electron chi connectivity index (χ0n) is 17.4. The average Bonchev–Trinajstić information content (AvgIpc) is 3.12. The first-order valence-corrected chi connectivity index (χ1v) is 10.4. The lowest BCUT2D eigenvalue weighted by Crippen LogP contribution is -2.36. The standard InChI is InChI=1S/C22H22FN7O/c1-13-4-8-30(22(13)31)15-10-18(23)28-19(11-15)29-9-5-17-16(14(29)2)12-26-21(27-17)20-24-6-3-7-25-20/h3,6-7,10-14H,4-5,8-9H2,1-2H3. The van der Waals surface area contributed by atoms with E-state index in [1.165, 1.54) is 6.07 Å². The topological polar surface area (TPSA) is 88.0 Å². The fourth-order valence-corrected chi connectivity index (χ4v) is 4.25. The molecule has 1 saturated heterocycles. The van der Waals surface area contributed by atoms with E-state index in [4.69, 9.17) is 0 Å². The largest absolute Gasteiger partial charge is 0.349 e. The van der Waals surface area contributed by atoms with Crippen LogP contribution in [0.1, 0.15) is 37.6 Å². The summed E-state index contributed by atoms with van der Waals surface area (Å²) in [6, 6.07) is 4.79. The van der Waals surface area contributed by atoms with Crippen molar-refractivity contribution in [2.75, 3.05) is 22.9 Å². The van der Waals surface area contributed by atoms with E-state index in [2.05, 4.69) is 24.9 Å². The van der Waals surface area contributed by atoms with Crippen LogP contribution in [0.15, 0.2) is 36.8 Å². The molecule has 1 amide bonds. The van der Waals surface area contributed by atoms with E-state index >= 15 is 0 Å². The smallest absolute Gasteiger partial charge is 0.229 e. The van der Waals surface area contributed by atoms with Gasteiger partial charge in [-0.05, 0) is 19.4 Å². The van der Waals surface area contributed by atoms with Crippen molar-refractivity contribution in [2.24, 2.45) is 5.92 Å². The first-order valence-electron chi connectivity index (χ1n) is 10.4. The van der Waals surface area contributed by atoms with Crippen LogP contribution in [0, 0.1) is 11.9 Å². The number of amides is 1. The molecular formula is C22H22FN7O. The van der Waals surface area contributed by atoms with Crippen LogP contribution in [0.25, 0.3) is 11.6 Å². The Morgan fingerprint density at radius 1 is 1.03 bits per heavy atom. The molecule has 0 aromatic carbocycles. The maximum atomic E-state index is 14.4. The van der Waals surface area contributed by atoms with Crippen molar-refractivity contribution in [3.8, 4) is 11.6 Å². The molecular weight excluding hydrogens is 397 g/mol. The van der Waals surface area contributed by atoms with Crippen LogP contribution in [0.4, 0.5) is 15.9 Å². The van der Waals surface area contributed by atoms with E-state index in [1.807, 2.05) is 18.7 Å². The number of fused-ring (bicyclic) bond motifs is 1. The summed E-state index contributed by atoms with van der Waals surface area (Å²) in [6.45, 7) is 5.15. The van der Waals surface area contributed by atoms with Crippen molar-refractivity contribution in [2.45, 2.75) is 32.7 Å². The lowest BCUT2D eigenvalue weighted by atomic mass is 9.99. The number of aromatic nitrogens is 5. The molecule has 0 N–H and O–H groups in total.